The first kappa shape index (κ1) is 24.0. The van der Waals surface area contributed by atoms with E-state index in [1.807, 2.05) is 31.2 Å². The maximum Gasteiger partial charge on any atom is 0.511 e. The first-order valence-corrected chi connectivity index (χ1v) is 9.66. The number of sulfonamides is 1. The molecule has 1 aromatic rings. The molecular formula is C16H24F3IN4O2S. The summed E-state index contributed by atoms with van der Waals surface area (Å²) in [6.07, 6.45) is 0.556. The van der Waals surface area contributed by atoms with Crippen molar-refractivity contribution in [3.8, 4) is 0 Å². The second kappa shape index (κ2) is 9.92. The molecule has 1 fully saturated rings. The molecular weight excluding hydrogens is 496 g/mol. The van der Waals surface area contributed by atoms with Gasteiger partial charge in [0.05, 0.1) is 0 Å². The lowest BCUT2D eigenvalue weighted by molar-refractivity contribution is -0.0494. The molecule has 0 aliphatic carbocycles. The van der Waals surface area contributed by atoms with Crippen LogP contribution < -0.4 is 10.6 Å². The molecule has 11 heteroatoms. The van der Waals surface area contributed by atoms with Crippen LogP contribution in [0.25, 0.3) is 0 Å². The first-order chi connectivity index (χ1) is 12.1. The third kappa shape index (κ3) is 6.49. The minimum Gasteiger partial charge on any atom is -0.354 e. The van der Waals surface area contributed by atoms with Crippen molar-refractivity contribution in [3.05, 3.63) is 35.4 Å². The highest BCUT2D eigenvalue weighted by atomic mass is 127. The molecule has 6 nitrogen and oxygen atoms in total. The molecule has 2 N–H and O–H groups in total. The summed E-state index contributed by atoms with van der Waals surface area (Å²) < 4.78 is 61.1. The molecule has 1 aliphatic rings. The van der Waals surface area contributed by atoms with Gasteiger partial charge in [0.1, 0.15) is 0 Å². The number of aliphatic imine (C=N–C) groups is 1. The van der Waals surface area contributed by atoms with Gasteiger partial charge in [-0.15, -0.1) is 24.0 Å². The lowest BCUT2D eigenvalue weighted by Gasteiger charge is -2.32. The van der Waals surface area contributed by atoms with Crippen LogP contribution in [0.2, 0.25) is 0 Å². The van der Waals surface area contributed by atoms with Crippen molar-refractivity contribution in [2.75, 3.05) is 20.1 Å². The van der Waals surface area contributed by atoms with Gasteiger partial charge >= 0.3 is 15.5 Å². The van der Waals surface area contributed by atoms with Gasteiger partial charge in [0.25, 0.3) is 0 Å². The highest BCUT2D eigenvalue weighted by molar-refractivity contribution is 14.0. The number of hydrogen-bond donors (Lipinski definition) is 2. The molecule has 0 bridgehead atoms. The first-order valence-electron chi connectivity index (χ1n) is 8.22. The number of halogens is 4. The average Bonchev–Trinajstić information content (AvgIpc) is 2.58. The molecule has 27 heavy (non-hydrogen) atoms. The number of nitrogens with zero attached hydrogens (tertiary/aromatic N) is 2. The van der Waals surface area contributed by atoms with Crippen molar-refractivity contribution >= 4 is 40.0 Å². The molecule has 0 unspecified atom stereocenters. The average molecular weight is 520 g/mol. The van der Waals surface area contributed by atoms with Crippen LogP contribution in [-0.2, 0) is 16.6 Å². The van der Waals surface area contributed by atoms with Gasteiger partial charge in [0.2, 0.25) is 0 Å². The normalized spacial score (nSPS) is 17.3. The second-order valence-electron chi connectivity index (χ2n) is 6.18. The molecule has 1 heterocycles. The molecule has 0 aromatic heterocycles. The van der Waals surface area contributed by atoms with Gasteiger partial charge in [0.15, 0.2) is 5.96 Å². The lowest BCUT2D eigenvalue weighted by atomic mass is 10.1. The largest absolute Gasteiger partial charge is 0.511 e. The summed E-state index contributed by atoms with van der Waals surface area (Å²) in [5.41, 5.74) is -3.02. The van der Waals surface area contributed by atoms with Crippen LogP contribution in [0, 0.1) is 6.92 Å². The third-order valence-corrected chi connectivity index (χ3v) is 5.82. The van der Waals surface area contributed by atoms with Crippen LogP contribution in [0.15, 0.2) is 29.3 Å². The van der Waals surface area contributed by atoms with E-state index in [1.54, 1.807) is 7.05 Å². The minimum absolute atomic E-state index is 0. The number of guanidine groups is 1. The van der Waals surface area contributed by atoms with Crippen molar-refractivity contribution in [2.24, 2.45) is 4.99 Å². The molecule has 1 aliphatic heterocycles. The van der Waals surface area contributed by atoms with E-state index in [1.165, 1.54) is 0 Å². The van der Waals surface area contributed by atoms with Crippen LogP contribution in [0.1, 0.15) is 24.0 Å². The Morgan fingerprint density at radius 1 is 1.30 bits per heavy atom. The quantitative estimate of drug-likeness (QED) is 0.364. The van der Waals surface area contributed by atoms with Crippen LogP contribution in [0.3, 0.4) is 0 Å². The van der Waals surface area contributed by atoms with Gasteiger partial charge in [-0.3, -0.25) is 4.99 Å². The Kier molecular flexibility index (Phi) is 8.80. The van der Waals surface area contributed by atoms with Crippen molar-refractivity contribution in [1.82, 2.24) is 14.9 Å². The highest BCUT2D eigenvalue weighted by Gasteiger charge is 2.50. The van der Waals surface area contributed by atoms with Gasteiger partial charge in [0, 0.05) is 32.7 Å². The number of benzene rings is 1. The zero-order valence-electron chi connectivity index (χ0n) is 15.1. The maximum absolute atomic E-state index is 12.6. The summed E-state index contributed by atoms with van der Waals surface area (Å²) in [7, 11) is -3.64. The van der Waals surface area contributed by atoms with E-state index in [2.05, 4.69) is 15.6 Å². The van der Waals surface area contributed by atoms with E-state index in [0.717, 1.165) is 11.1 Å². The Hall–Kier alpha value is -1.08. The second-order valence-corrected chi connectivity index (χ2v) is 8.11. The Labute approximate surface area is 174 Å². The van der Waals surface area contributed by atoms with Gasteiger partial charge in [-0.05, 0) is 25.3 Å². The van der Waals surface area contributed by atoms with Crippen molar-refractivity contribution in [3.63, 3.8) is 0 Å². The monoisotopic (exact) mass is 520 g/mol. The molecule has 0 saturated carbocycles. The van der Waals surface area contributed by atoms with E-state index < -0.39 is 15.5 Å². The summed E-state index contributed by atoms with van der Waals surface area (Å²) in [5, 5.41) is 6.29. The Morgan fingerprint density at radius 2 is 1.93 bits per heavy atom. The van der Waals surface area contributed by atoms with Gasteiger partial charge in [-0.25, -0.2) is 8.42 Å². The number of aryl methyl sites for hydroxylation is 1. The fourth-order valence-electron chi connectivity index (χ4n) is 2.78. The molecule has 0 atom stereocenters. The molecule has 154 valence electrons. The summed E-state index contributed by atoms with van der Waals surface area (Å²) in [4.78, 5) is 4.11. The highest BCUT2D eigenvalue weighted by Crippen LogP contribution is 2.28. The number of hydrogen-bond acceptors (Lipinski definition) is 3. The fraction of sp³-hybridized carbons (Fsp3) is 0.562. The van der Waals surface area contributed by atoms with Crippen LogP contribution >= 0.6 is 24.0 Å². The number of nitrogens with one attached hydrogen (secondary N) is 2. The molecule has 0 amide bonds. The Morgan fingerprint density at radius 3 is 2.44 bits per heavy atom. The van der Waals surface area contributed by atoms with E-state index in [4.69, 9.17) is 0 Å². The zero-order valence-corrected chi connectivity index (χ0v) is 18.2. The number of alkyl halides is 3. The summed E-state index contributed by atoms with van der Waals surface area (Å²) in [6.45, 7) is 2.21. The van der Waals surface area contributed by atoms with Gasteiger partial charge in [-0.1, -0.05) is 29.8 Å². The molecule has 0 spiro atoms. The number of rotatable bonds is 4. The summed E-state index contributed by atoms with van der Waals surface area (Å²) >= 11 is 0. The van der Waals surface area contributed by atoms with Crippen LogP contribution in [0.5, 0.6) is 0 Å². The topological polar surface area (TPSA) is 73.8 Å². The third-order valence-electron chi connectivity index (χ3n) is 4.19. The summed E-state index contributed by atoms with van der Waals surface area (Å²) in [6, 6.07) is 7.84. The predicted molar refractivity (Wildman–Crippen MR) is 109 cm³/mol. The summed E-state index contributed by atoms with van der Waals surface area (Å²) in [5.74, 6) is 0.531. The number of piperidine rings is 1. The maximum atomic E-state index is 12.6. The van der Waals surface area contributed by atoms with Crippen molar-refractivity contribution in [1.29, 1.82) is 0 Å². The predicted octanol–water partition coefficient (Wildman–Crippen LogP) is 2.59. The standard InChI is InChI=1S/C16H23F3N4O2S.HI/c1-12-4-3-5-13(10-12)11-21-15(20-2)22-14-6-8-23(9-7-14)26(24,25)16(17,18)19;/h3-5,10,14H,6-9,11H2,1-2H3,(H2,20,21,22);1H. The van der Waals surface area contributed by atoms with Gasteiger partial charge < -0.3 is 10.6 Å². The van der Waals surface area contributed by atoms with E-state index in [0.29, 0.717) is 16.8 Å². The van der Waals surface area contributed by atoms with E-state index in [9.17, 15) is 21.6 Å². The smallest absolute Gasteiger partial charge is 0.354 e. The van der Waals surface area contributed by atoms with Crippen LogP contribution in [0.4, 0.5) is 13.2 Å². The molecule has 1 aromatic carbocycles. The van der Waals surface area contributed by atoms with E-state index >= 15 is 0 Å². The Bertz CT molecular complexity index is 748. The molecule has 1 saturated heterocycles. The van der Waals surface area contributed by atoms with Crippen molar-refractivity contribution in [2.45, 2.75) is 37.9 Å². The Balaban J connectivity index is 0.00000364. The minimum atomic E-state index is -5.25. The SMILES string of the molecule is CN=C(NCc1cccc(C)c1)NC1CCN(S(=O)(=O)C(F)(F)F)CC1.I. The zero-order chi connectivity index (χ0) is 19.4. The fourth-order valence-corrected chi connectivity index (χ4v) is 3.77. The van der Waals surface area contributed by atoms with E-state index in [-0.39, 0.29) is 55.9 Å². The molecule has 2 rings (SSSR count). The molecule has 0 radical (unpaired) electrons. The van der Waals surface area contributed by atoms with Crippen molar-refractivity contribution < 1.29 is 21.6 Å². The van der Waals surface area contributed by atoms with Crippen LogP contribution in [-0.4, -0.2) is 50.4 Å². The van der Waals surface area contributed by atoms with Gasteiger partial charge in [-0.2, -0.15) is 17.5 Å². The lowest BCUT2D eigenvalue weighted by Crippen LogP contribution is -2.51.